The number of hydrogen-bond acceptors (Lipinski definition) is 2. The quantitative estimate of drug-likeness (QED) is 0.614. The largest absolute Gasteiger partial charge is 0.378 e. The van der Waals surface area contributed by atoms with E-state index in [0.29, 0.717) is 19.3 Å². The van der Waals surface area contributed by atoms with Gasteiger partial charge in [0.05, 0.1) is 0 Å². The van der Waals surface area contributed by atoms with E-state index in [2.05, 4.69) is 0 Å². The van der Waals surface area contributed by atoms with Crippen LogP contribution in [0.15, 0.2) is 0 Å². The summed E-state index contributed by atoms with van der Waals surface area (Å²) in [5.41, 5.74) is -0.788. The van der Waals surface area contributed by atoms with Crippen LogP contribution in [0, 0.1) is 0 Å². The second-order valence-corrected chi connectivity index (χ2v) is 2.53. The molecule has 1 N–H and O–H groups in total. The first-order chi connectivity index (χ1) is 4.13. The van der Waals surface area contributed by atoms with Crippen LogP contribution in [0.1, 0.15) is 26.2 Å². The first-order valence-electron chi connectivity index (χ1n) is 2.94. The van der Waals surface area contributed by atoms with Crippen LogP contribution in [-0.4, -0.2) is 16.5 Å². The van der Waals surface area contributed by atoms with Crippen LogP contribution < -0.4 is 0 Å². The number of Topliss-reactive ketones (excluding diaryl/α,β-unsaturated/α-hetero) is 1. The smallest absolute Gasteiger partial charge is 0.129 e. The van der Waals surface area contributed by atoms with E-state index in [4.69, 9.17) is 16.7 Å². The molecule has 1 unspecified atom stereocenters. The van der Waals surface area contributed by atoms with Crippen molar-refractivity contribution >= 4 is 17.4 Å². The lowest BCUT2D eigenvalue weighted by Gasteiger charge is -1.97. The zero-order valence-corrected chi connectivity index (χ0v) is 6.19. The van der Waals surface area contributed by atoms with Gasteiger partial charge in [0.2, 0.25) is 0 Å². The molecule has 0 aliphatic heterocycles. The molecule has 0 fully saturated rings. The molecule has 3 heteroatoms. The molecule has 0 saturated carbocycles. The van der Waals surface area contributed by atoms with Crippen molar-refractivity contribution in [2.75, 3.05) is 0 Å². The van der Waals surface area contributed by atoms with Crippen molar-refractivity contribution in [3.8, 4) is 0 Å². The van der Waals surface area contributed by atoms with E-state index in [1.54, 1.807) is 0 Å². The molecule has 0 amide bonds. The molecule has 0 aromatic heterocycles. The fraction of sp³-hybridized carbons (Fsp3) is 0.833. The van der Waals surface area contributed by atoms with E-state index in [0.717, 1.165) is 0 Å². The number of aliphatic hydroxyl groups excluding tert-OH is 1. The van der Waals surface area contributed by atoms with Gasteiger partial charge < -0.3 is 9.90 Å². The van der Waals surface area contributed by atoms with Crippen LogP contribution in [0.3, 0.4) is 0 Å². The third kappa shape index (κ3) is 7.92. The number of carbonyl (C=O) groups excluding carboxylic acids is 1. The summed E-state index contributed by atoms with van der Waals surface area (Å²) in [5, 5.41) is 8.52. The predicted molar refractivity (Wildman–Crippen MR) is 36.4 cm³/mol. The van der Waals surface area contributed by atoms with Crippen molar-refractivity contribution in [1.82, 2.24) is 0 Å². The molecule has 0 rings (SSSR count). The fourth-order valence-corrected chi connectivity index (χ4v) is 0.674. The highest BCUT2D eigenvalue weighted by Gasteiger charge is 1.98. The summed E-state index contributed by atoms with van der Waals surface area (Å²) in [6, 6.07) is 0. The molecule has 0 bridgehead atoms. The molecule has 0 saturated heterocycles. The fourth-order valence-electron chi connectivity index (χ4n) is 0.519. The van der Waals surface area contributed by atoms with E-state index in [9.17, 15) is 4.79 Å². The normalized spacial score (nSPS) is 13.2. The number of carbonyl (C=O) groups is 1. The Morgan fingerprint density at radius 1 is 1.78 bits per heavy atom. The summed E-state index contributed by atoms with van der Waals surface area (Å²) >= 11 is 5.21. The zero-order chi connectivity index (χ0) is 7.28. The molecular formula is C6H11ClO2. The average Bonchev–Trinajstić information content (AvgIpc) is 1.63. The molecule has 0 radical (unpaired) electrons. The number of rotatable bonds is 4. The Morgan fingerprint density at radius 3 is 2.67 bits per heavy atom. The SMILES string of the molecule is CC(=O)CCCC(O)Cl. The van der Waals surface area contributed by atoms with Crippen LogP contribution in [0.2, 0.25) is 0 Å². The lowest BCUT2D eigenvalue weighted by molar-refractivity contribution is -0.117. The van der Waals surface area contributed by atoms with E-state index < -0.39 is 5.56 Å². The minimum absolute atomic E-state index is 0.146. The monoisotopic (exact) mass is 150 g/mol. The van der Waals surface area contributed by atoms with Gasteiger partial charge >= 0.3 is 0 Å². The third-order valence-corrected chi connectivity index (χ3v) is 1.19. The summed E-state index contributed by atoms with van der Waals surface area (Å²) in [5.74, 6) is 0.146. The van der Waals surface area contributed by atoms with Gasteiger partial charge in [-0.1, -0.05) is 11.6 Å². The minimum atomic E-state index is -0.788. The van der Waals surface area contributed by atoms with Crippen LogP contribution in [0.25, 0.3) is 0 Å². The minimum Gasteiger partial charge on any atom is -0.378 e. The van der Waals surface area contributed by atoms with E-state index in [-0.39, 0.29) is 5.78 Å². The topological polar surface area (TPSA) is 37.3 Å². The van der Waals surface area contributed by atoms with Crippen LogP contribution in [0.4, 0.5) is 0 Å². The number of ketones is 1. The standard InChI is InChI=1S/C6H11ClO2/c1-5(8)3-2-4-6(7)9/h6,9H,2-4H2,1H3. The van der Waals surface area contributed by atoms with E-state index in [1.165, 1.54) is 6.92 Å². The Morgan fingerprint density at radius 2 is 2.33 bits per heavy atom. The molecule has 9 heavy (non-hydrogen) atoms. The molecule has 2 nitrogen and oxygen atoms in total. The van der Waals surface area contributed by atoms with Crippen molar-refractivity contribution in [3.63, 3.8) is 0 Å². The predicted octanol–water partition coefficient (Wildman–Crippen LogP) is 1.30. The number of alkyl halides is 1. The van der Waals surface area contributed by atoms with Gasteiger partial charge in [0.1, 0.15) is 11.3 Å². The van der Waals surface area contributed by atoms with Gasteiger partial charge in [-0.2, -0.15) is 0 Å². The highest BCUT2D eigenvalue weighted by atomic mass is 35.5. The summed E-state index contributed by atoms with van der Waals surface area (Å²) in [6.45, 7) is 1.53. The van der Waals surface area contributed by atoms with Crippen molar-refractivity contribution < 1.29 is 9.90 Å². The van der Waals surface area contributed by atoms with Gasteiger partial charge in [0.25, 0.3) is 0 Å². The second kappa shape index (κ2) is 4.77. The summed E-state index contributed by atoms with van der Waals surface area (Å²) < 4.78 is 0. The first kappa shape index (κ1) is 8.92. The maximum absolute atomic E-state index is 10.3. The molecule has 54 valence electrons. The molecule has 0 aromatic rings. The molecule has 0 aliphatic carbocycles. The van der Waals surface area contributed by atoms with Crippen molar-refractivity contribution in [2.24, 2.45) is 0 Å². The maximum atomic E-state index is 10.3. The van der Waals surface area contributed by atoms with Crippen LogP contribution in [-0.2, 0) is 4.79 Å². The van der Waals surface area contributed by atoms with Gasteiger partial charge in [-0.3, -0.25) is 0 Å². The number of hydrogen-bond donors (Lipinski definition) is 1. The Labute approximate surface area is 59.8 Å². The third-order valence-electron chi connectivity index (χ3n) is 0.971. The molecule has 0 aromatic carbocycles. The molecular weight excluding hydrogens is 140 g/mol. The zero-order valence-electron chi connectivity index (χ0n) is 5.43. The first-order valence-corrected chi connectivity index (χ1v) is 3.38. The van der Waals surface area contributed by atoms with E-state index >= 15 is 0 Å². The lowest BCUT2D eigenvalue weighted by Crippen LogP contribution is -1.97. The van der Waals surface area contributed by atoms with Crippen LogP contribution >= 0.6 is 11.6 Å². The van der Waals surface area contributed by atoms with Gasteiger partial charge in [0.15, 0.2) is 0 Å². The Balaban J connectivity index is 3.01. The molecule has 0 heterocycles. The Hall–Kier alpha value is -0.0800. The summed E-state index contributed by atoms with van der Waals surface area (Å²) in [4.78, 5) is 10.3. The lowest BCUT2D eigenvalue weighted by atomic mass is 10.2. The summed E-state index contributed by atoms with van der Waals surface area (Å²) in [6.07, 6.45) is 1.70. The van der Waals surface area contributed by atoms with Gasteiger partial charge in [0, 0.05) is 6.42 Å². The molecule has 0 aliphatic rings. The molecule has 1 atom stereocenters. The second-order valence-electron chi connectivity index (χ2n) is 2.03. The van der Waals surface area contributed by atoms with Crippen molar-refractivity contribution in [2.45, 2.75) is 31.7 Å². The van der Waals surface area contributed by atoms with Gasteiger partial charge in [-0.15, -0.1) is 0 Å². The van der Waals surface area contributed by atoms with Gasteiger partial charge in [-0.25, -0.2) is 0 Å². The highest BCUT2D eigenvalue weighted by molar-refractivity contribution is 6.19. The maximum Gasteiger partial charge on any atom is 0.129 e. The Kier molecular flexibility index (Phi) is 4.72. The van der Waals surface area contributed by atoms with Crippen LogP contribution in [0.5, 0.6) is 0 Å². The molecule has 0 spiro atoms. The average molecular weight is 151 g/mol. The number of aliphatic hydroxyl groups is 1. The number of halogens is 1. The van der Waals surface area contributed by atoms with Gasteiger partial charge in [-0.05, 0) is 19.8 Å². The van der Waals surface area contributed by atoms with Crippen molar-refractivity contribution in [1.29, 1.82) is 0 Å². The van der Waals surface area contributed by atoms with E-state index in [1.807, 2.05) is 0 Å². The highest BCUT2D eigenvalue weighted by Crippen LogP contribution is 2.03. The van der Waals surface area contributed by atoms with Crippen molar-refractivity contribution in [3.05, 3.63) is 0 Å². The Bertz CT molecular complexity index is 91.1. The summed E-state index contributed by atoms with van der Waals surface area (Å²) in [7, 11) is 0.